The molecule has 0 bridgehead atoms. The second-order valence-electron chi connectivity index (χ2n) is 8.35. The molecule has 3 aromatic rings. The summed E-state index contributed by atoms with van der Waals surface area (Å²) >= 11 is 6.02. The van der Waals surface area contributed by atoms with Crippen LogP contribution in [0.5, 0.6) is 0 Å². The van der Waals surface area contributed by atoms with Gasteiger partial charge in [-0.2, -0.15) is 0 Å². The fourth-order valence-electron chi connectivity index (χ4n) is 2.97. The van der Waals surface area contributed by atoms with E-state index in [-0.39, 0.29) is 44.1 Å². The lowest BCUT2D eigenvalue weighted by Gasteiger charge is -2.19. The van der Waals surface area contributed by atoms with Crippen molar-refractivity contribution in [2.75, 3.05) is 10.0 Å². The molecule has 33 heavy (non-hydrogen) atoms. The first-order chi connectivity index (χ1) is 15.4. The number of carbonyl (C=O) groups is 2. The number of hydrogen-bond donors (Lipinski definition) is 2. The zero-order valence-electron chi connectivity index (χ0n) is 18.5. The van der Waals surface area contributed by atoms with E-state index < -0.39 is 15.8 Å². The first-order valence-electron chi connectivity index (χ1n) is 9.95. The summed E-state index contributed by atoms with van der Waals surface area (Å²) < 4.78 is 28.4. The third-order valence-corrected chi connectivity index (χ3v) is 6.22. The van der Waals surface area contributed by atoms with Crippen molar-refractivity contribution < 1.29 is 18.0 Å². The summed E-state index contributed by atoms with van der Waals surface area (Å²) in [5.41, 5.74) is 0.559. The zero-order valence-corrected chi connectivity index (χ0v) is 20.1. The predicted octanol–water partition coefficient (Wildman–Crippen LogP) is 4.42. The smallest absolute Gasteiger partial charge is 0.261 e. The molecule has 0 saturated heterocycles. The van der Waals surface area contributed by atoms with E-state index in [2.05, 4.69) is 20.0 Å². The molecule has 2 N–H and O–H groups in total. The summed E-state index contributed by atoms with van der Waals surface area (Å²) in [5.74, 6) is -0.800. The number of rotatable bonds is 6. The minimum atomic E-state index is -4.03. The van der Waals surface area contributed by atoms with Crippen LogP contribution in [0.4, 0.5) is 11.5 Å². The average Bonchev–Trinajstić information content (AvgIpc) is 2.72. The number of aromatic nitrogens is 2. The van der Waals surface area contributed by atoms with Crippen LogP contribution in [-0.2, 0) is 20.2 Å². The third kappa shape index (κ3) is 5.94. The van der Waals surface area contributed by atoms with Crippen LogP contribution in [0.1, 0.15) is 49.4 Å². The highest BCUT2D eigenvalue weighted by molar-refractivity contribution is 7.92. The minimum Gasteiger partial charge on any atom is -0.311 e. The van der Waals surface area contributed by atoms with Gasteiger partial charge in [-0.15, -0.1) is 0 Å². The molecule has 0 aliphatic heterocycles. The summed E-state index contributed by atoms with van der Waals surface area (Å²) in [4.78, 5) is 32.5. The van der Waals surface area contributed by atoms with Crippen LogP contribution in [-0.4, -0.2) is 30.1 Å². The van der Waals surface area contributed by atoms with E-state index in [9.17, 15) is 18.0 Å². The maximum Gasteiger partial charge on any atom is 0.261 e. The highest BCUT2D eigenvalue weighted by Crippen LogP contribution is 2.27. The Hall–Kier alpha value is -3.30. The van der Waals surface area contributed by atoms with Gasteiger partial charge in [-0.1, -0.05) is 50.6 Å². The van der Waals surface area contributed by atoms with Gasteiger partial charge in [0.2, 0.25) is 11.7 Å². The quantitative estimate of drug-likeness (QED) is 0.498. The van der Waals surface area contributed by atoms with Crippen molar-refractivity contribution in [2.45, 2.75) is 38.0 Å². The largest absolute Gasteiger partial charge is 0.311 e. The highest BCUT2D eigenvalue weighted by atomic mass is 35.5. The van der Waals surface area contributed by atoms with Gasteiger partial charge < -0.3 is 5.32 Å². The fourth-order valence-corrected chi connectivity index (χ4v) is 4.18. The molecular formula is C23H23ClN4O4S. The second kappa shape index (κ2) is 9.29. The molecule has 0 saturated carbocycles. The zero-order chi connectivity index (χ0) is 24.4. The molecule has 0 aliphatic rings. The number of nitrogens with one attached hydrogen (secondary N) is 2. The van der Waals surface area contributed by atoms with E-state index in [1.165, 1.54) is 43.5 Å². The standard InChI is InChI=1S/C23H23ClN4O4S/c1-14(29)26-20-7-5-6-18(27-20)22(30)21-19(12-16(24)13-25-21)28-33(31,32)17-10-8-15(9-11-17)23(2,3)4/h5-13,28H,1-4H3,(H,26,27,29). The summed E-state index contributed by atoms with van der Waals surface area (Å²) in [6.45, 7) is 7.40. The number of pyridine rings is 2. The Morgan fingerprint density at radius 3 is 2.30 bits per heavy atom. The monoisotopic (exact) mass is 486 g/mol. The van der Waals surface area contributed by atoms with Crippen molar-refractivity contribution in [3.8, 4) is 0 Å². The van der Waals surface area contributed by atoms with Crippen molar-refractivity contribution in [2.24, 2.45) is 0 Å². The SMILES string of the molecule is CC(=O)Nc1cccc(C(=O)c2ncc(Cl)cc2NS(=O)(=O)c2ccc(C(C)(C)C)cc2)n1. The van der Waals surface area contributed by atoms with Gasteiger partial charge in [0.25, 0.3) is 10.0 Å². The van der Waals surface area contributed by atoms with E-state index in [4.69, 9.17) is 11.6 Å². The molecule has 0 aliphatic carbocycles. The lowest BCUT2D eigenvalue weighted by Crippen LogP contribution is -2.18. The van der Waals surface area contributed by atoms with Crippen molar-refractivity contribution >= 4 is 44.8 Å². The Bertz CT molecular complexity index is 1320. The van der Waals surface area contributed by atoms with E-state index in [1.807, 2.05) is 20.8 Å². The van der Waals surface area contributed by atoms with Crippen molar-refractivity contribution in [1.82, 2.24) is 9.97 Å². The normalized spacial score (nSPS) is 11.7. The highest BCUT2D eigenvalue weighted by Gasteiger charge is 2.23. The molecule has 10 heteroatoms. The van der Waals surface area contributed by atoms with Crippen LogP contribution in [0, 0.1) is 0 Å². The van der Waals surface area contributed by atoms with Crippen LogP contribution >= 0.6 is 11.6 Å². The molecule has 1 amide bonds. The molecule has 172 valence electrons. The number of halogens is 1. The number of anilines is 2. The topological polar surface area (TPSA) is 118 Å². The Balaban J connectivity index is 1.96. The predicted molar refractivity (Wildman–Crippen MR) is 127 cm³/mol. The summed E-state index contributed by atoms with van der Waals surface area (Å²) in [5, 5.41) is 2.64. The molecule has 2 heterocycles. The fraction of sp³-hybridized carbons (Fsp3) is 0.217. The molecule has 3 rings (SSSR count). The summed E-state index contributed by atoms with van der Waals surface area (Å²) in [6.07, 6.45) is 1.24. The van der Waals surface area contributed by atoms with Gasteiger partial charge in [0.05, 0.1) is 15.6 Å². The Morgan fingerprint density at radius 1 is 1.03 bits per heavy atom. The Morgan fingerprint density at radius 2 is 1.70 bits per heavy atom. The Kier molecular flexibility index (Phi) is 6.85. The maximum atomic E-state index is 13.1. The van der Waals surface area contributed by atoms with Crippen LogP contribution in [0.15, 0.2) is 59.6 Å². The molecule has 0 unspecified atom stereocenters. The number of hydrogen-bond acceptors (Lipinski definition) is 6. The summed E-state index contributed by atoms with van der Waals surface area (Å²) in [7, 11) is -4.03. The van der Waals surface area contributed by atoms with Crippen molar-refractivity contribution in [3.63, 3.8) is 0 Å². The number of ketones is 1. The van der Waals surface area contributed by atoms with Gasteiger partial charge in [-0.3, -0.25) is 14.3 Å². The molecule has 0 radical (unpaired) electrons. The van der Waals surface area contributed by atoms with E-state index >= 15 is 0 Å². The first kappa shape index (κ1) is 24.3. The van der Waals surface area contributed by atoms with Gasteiger partial charge in [0.1, 0.15) is 17.2 Å². The first-order valence-corrected chi connectivity index (χ1v) is 11.8. The van der Waals surface area contributed by atoms with Gasteiger partial charge in [0.15, 0.2) is 0 Å². The lowest BCUT2D eigenvalue weighted by atomic mass is 9.87. The number of amides is 1. The Labute approximate surface area is 197 Å². The average molecular weight is 487 g/mol. The van der Waals surface area contributed by atoms with Gasteiger partial charge >= 0.3 is 0 Å². The van der Waals surface area contributed by atoms with Crippen molar-refractivity contribution in [1.29, 1.82) is 0 Å². The summed E-state index contributed by atoms with van der Waals surface area (Å²) in [6, 6.07) is 12.3. The second-order valence-corrected chi connectivity index (χ2v) is 10.5. The third-order valence-electron chi connectivity index (χ3n) is 4.63. The molecular weight excluding hydrogens is 464 g/mol. The lowest BCUT2D eigenvalue weighted by molar-refractivity contribution is -0.114. The van der Waals surface area contributed by atoms with Crippen LogP contribution < -0.4 is 10.0 Å². The van der Waals surface area contributed by atoms with Gasteiger partial charge in [0, 0.05) is 13.1 Å². The van der Waals surface area contributed by atoms with Crippen LogP contribution in [0.2, 0.25) is 5.02 Å². The van der Waals surface area contributed by atoms with Crippen molar-refractivity contribution in [3.05, 3.63) is 76.7 Å². The number of carbonyl (C=O) groups excluding carboxylic acids is 2. The number of benzene rings is 1. The molecule has 8 nitrogen and oxygen atoms in total. The number of nitrogens with zero attached hydrogens (tertiary/aromatic N) is 2. The van der Waals surface area contributed by atoms with E-state index in [1.54, 1.807) is 18.2 Å². The maximum absolute atomic E-state index is 13.1. The molecule has 0 fully saturated rings. The van der Waals surface area contributed by atoms with E-state index in [0.29, 0.717) is 0 Å². The van der Waals surface area contributed by atoms with Crippen LogP contribution in [0.3, 0.4) is 0 Å². The molecule has 0 spiro atoms. The number of sulfonamides is 1. The van der Waals surface area contributed by atoms with E-state index in [0.717, 1.165) is 5.56 Å². The molecule has 0 atom stereocenters. The molecule has 1 aromatic carbocycles. The van der Waals surface area contributed by atoms with Crippen LogP contribution in [0.25, 0.3) is 0 Å². The molecule has 2 aromatic heterocycles. The van der Waals surface area contributed by atoms with Gasteiger partial charge in [-0.25, -0.2) is 18.4 Å². The van der Waals surface area contributed by atoms with Gasteiger partial charge in [-0.05, 0) is 41.3 Å². The minimum absolute atomic E-state index is 0.0222.